The molecule has 0 saturated carbocycles. The fourth-order valence-electron chi connectivity index (χ4n) is 2.37. The average Bonchev–Trinajstić information content (AvgIpc) is 2.55. The maximum atomic E-state index is 12.3. The van der Waals surface area contributed by atoms with Crippen molar-refractivity contribution in [3.63, 3.8) is 0 Å². The van der Waals surface area contributed by atoms with Crippen LogP contribution in [-0.2, 0) is 4.74 Å². The van der Waals surface area contributed by atoms with E-state index in [4.69, 9.17) is 16.3 Å². The minimum Gasteiger partial charge on any atom is -0.378 e. The molecule has 1 amide bonds. The molecule has 2 aromatic carbocycles. The Morgan fingerprint density at radius 3 is 2.48 bits per heavy atom. The lowest BCUT2D eigenvalue weighted by atomic mass is 10.0. The van der Waals surface area contributed by atoms with Crippen LogP contribution >= 0.6 is 11.6 Å². The first kappa shape index (κ1) is 14.1. The van der Waals surface area contributed by atoms with Gasteiger partial charge in [0.05, 0.1) is 13.2 Å². The van der Waals surface area contributed by atoms with Crippen molar-refractivity contribution in [2.24, 2.45) is 0 Å². The van der Waals surface area contributed by atoms with Crippen LogP contribution in [0.4, 0.5) is 0 Å². The Balaban J connectivity index is 1.79. The van der Waals surface area contributed by atoms with Crippen molar-refractivity contribution >= 4 is 17.5 Å². The minimum atomic E-state index is 0.0595. The zero-order valence-electron chi connectivity index (χ0n) is 11.5. The monoisotopic (exact) mass is 300 g/mol. The van der Waals surface area contributed by atoms with Crippen molar-refractivity contribution < 1.29 is 9.53 Å². The third-order valence-corrected chi connectivity index (χ3v) is 3.75. The highest BCUT2D eigenvalue weighted by molar-refractivity contribution is 6.30. The SMILES string of the molecule is O=C(c1ccc(-c2cc[c]c(Cl)c2)cc1)N1CCOCC1. The van der Waals surface area contributed by atoms with Crippen LogP contribution in [0.5, 0.6) is 0 Å². The highest BCUT2D eigenvalue weighted by atomic mass is 35.5. The highest BCUT2D eigenvalue weighted by Gasteiger charge is 2.18. The van der Waals surface area contributed by atoms with Crippen LogP contribution in [0.25, 0.3) is 11.1 Å². The number of halogens is 1. The summed E-state index contributed by atoms with van der Waals surface area (Å²) in [4.78, 5) is 14.2. The second-order valence-corrected chi connectivity index (χ2v) is 5.31. The van der Waals surface area contributed by atoms with E-state index in [1.54, 1.807) is 6.07 Å². The Hall–Kier alpha value is -1.84. The number of hydrogen-bond acceptors (Lipinski definition) is 2. The van der Waals surface area contributed by atoms with Gasteiger partial charge in [0.2, 0.25) is 0 Å². The summed E-state index contributed by atoms with van der Waals surface area (Å²) >= 11 is 5.95. The van der Waals surface area contributed by atoms with Gasteiger partial charge in [-0.3, -0.25) is 4.79 Å². The van der Waals surface area contributed by atoms with Crippen molar-refractivity contribution in [2.75, 3.05) is 26.3 Å². The summed E-state index contributed by atoms with van der Waals surface area (Å²) in [7, 11) is 0. The number of nitrogens with zero attached hydrogens (tertiary/aromatic N) is 1. The van der Waals surface area contributed by atoms with Gasteiger partial charge in [-0.05, 0) is 29.3 Å². The molecule has 0 spiro atoms. The molecule has 0 unspecified atom stereocenters. The van der Waals surface area contributed by atoms with Crippen molar-refractivity contribution in [3.05, 3.63) is 59.1 Å². The maximum absolute atomic E-state index is 12.3. The number of rotatable bonds is 2. The summed E-state index contributed by atoms with van der Waals surface area (Å²) in [5, 5.41) is 0.584. The molecule has 1 fully saturated rings. The first-order chi connectivity index (χ1) is 10.2. The zero-order valence-corrected chi connectivity index (χ0v) is 12.3. The molecule has 1 aliphatic heterocycles. The molecule has 4 heteroatoms. The Kier molecular flexibility index (Phi) is 4.23. The van der Waals surface area contributed by atoms with Gasteiger partial charge in [-0.15, -0.1) is 0 Å². The Morgan fingerprint density at radius 2 is 1.81 bits per heavy atom. The molecule has 3 rings (SSSR count). The van der Waals surface area contributed by atoms with Gasteiger partial charge in [0.15, 0.2) is 0 Å². The number of carbonyl (C=O) groups excluding carboxylic acids is 1. The number of ether oxygens (including phenoxy) is 1. The largest absolute Gasteiger partial charge is 0.378 e. The van der Waals surface area contributed by atoms with Gasteiger partial charge in [0.25, 0.3) is 5.91 Å². The molecule has 3 nitrogen and oxygen atoms in total. The van der Waals surface area contributed by atoms with E-state index in [1.807, 2.05) is 41.3 Å². The van der Waals surface area contributed by atoms with Gasteiger partial charge in [0, 0.05) is 29.7 Å². The smallest absolute Gasteiger partial charge is 0.254 e. The normalized spacial score (nSPS) is 15.0. The molecular weight excluding hydrogens is 286 g/mol. The van der Waals surface area contributed by atoms with E-state index in [0.29, 0.717) is 36.9 Å². The van der Waals surface area contributed by atoms with Gasteiger partial charge in [0.1, 0.15) is 0 Å². The Morgan fingerprint density at radius 1 is 1.10 bits per heavy atom. The van der Waals surface area contributed by atoms with E-state index in [-0.39, 0.29) is 5.91 Å². The van der Waals surface area contributed by atoms with E-state index < -0.39 is 0 Å². The summed E-state index contributed by atoms with van der Waals surface area (Å²) in [6, 6.07) is 16.1. The predicted molar refractivity (Wildman–Crippen MR) is 82.4 cm³/mol. The number of amides is 1. The average molecular weight is 301 g/mol. The molecule has 1 saturated heterocycles. The number of hydrogen-bond donors (Lipinski definition) is 0. The molecule has 0 bridgehead atoms. The predicted octanol–water partition coefficient (Wildman–Crippen LogP) is 3.28. The van der Waals surface area contributed by atoms with Crippen molar-refractivity contribution in [1.82, 2.24) is 4.90 Å². The van der Waals surface area contributed by atoms with Gasteiger partial charge in [-0.1, -0.05) is 35.9 Å². The lowest BCUT2D eigenvalue weighted by molar-refractivity contribution is 0.0303. The van der Waals surface area contributed by atoms with Crippen molar-refractivity contribution in [2.45, 2.75) is 0 Å². The molecule has 107 valence electrons. The van der Waals surface area contributed by atoms with Crippen LogP contribution in [0.1, 0.15) is 10.4 Å². The van der Waals surface area contributed by atoms with Crippen molar-refractivity contribution in [3.8, 4) is 11.1 Å². The summed E-state index contributed by atoms with van der Waals surface area (Å²) in [5.74, 6) is 0.0595. The summed E-state index contributed by atoms with van der Waals surface area (Å²) in [5.41, 5.74) is 2.75. The molecule has 0 N–H and O–H groups in total. The van der Waals surface area contributed by atoms with Crippen LogP contribution < -0.4 is 0 Å². The fourth-order valence-corrected chi connectivity index (χ4v) is 2.55. The van der Waals surface area contributed by atoms with E-state index in [1.165, 1.54) is 0 Å². The van der Waals surface area contributed by atoms with Gasteiger partial charge < -0.3 is 9.64 Å². The summed E-state index contributed by atoms with van der Waals surface area (Å²) in [6.45, 7) is 2.54. The highest BCUT2D eigenvalue weighted by Crippen LogP contribution is 2.23. The molecular formula is C17H15ClNO2. The maximum Gasteiger partial charge on any atom is 0.254 e. The molecule has 1 radical (unpaired) electrons. The van der Waals surface area contributed by atoms with Gasteiger partial charge in [-0.2, -0.15) is 0 Å². The standard InChI is InChI=1S/C17H15ClNO2/c18-16-3-1-2-15(12-16)13-4-6-14(7-5-13)17(20)19-8-10-21-11-9-19/h1-2,4-7,12H,8-11H2. The van der Waals surface area contributed by atoms with Crippen LogP contribution in [0.15, 0.2) is 42.5 Å². The van der Waals surface area contributed by atoms with Gasteiger partial charge in [-0.25, -0.2) is 0 Å². The van der Waals surface area contributed by atoms with Crippen LogP contribution in [0.2, 0.25) is 5.02 Å². The third kappa shape index (κ3) is 3.26. The van der Waals surface area contributed by atoms with Gasteiger partial charge >= 0.3 is 0 Å². The quantitative estimate of drug-likeness (QED) is 0.852. The van der Waals surface area contributed by atoms with E-state index >= 15 is 0 Å². The van der Waals surface area contributed by atoms with E-state index in [2.05, 4.69) is 6.07 Å². The fraction of sp³-hybridized carbons (Fsp3) is 0.235. The third-order valence-electron chi connectivity index (χ3n) is 3.53. The minimum absolute atomic E-state index is 0.0595. The Bertz CT molecular complexity index is 633. The molecule has 0 aromatic heterocycles. The van der Waals surface area contributed by atoms with E-state index in [9.17, 15) is 4.79 Å². The zero-order chi connectivity index (χ0) is 14.7. The Labute approximate surface area is 129 Å². The lowest BCUT2D eigenvalue weighted by Crippen LogP contribution is -2.40. The molecule has 2 aromatic rings. The molecule has 0 atom stereocenters. The molecule has 1 aliphatic rings. The van der Waals surface area contributed by atoms with Crippen LogP contribution in [-0.4, -0.2) is 37.1 Å². The summed E-state index contributed by atoms with van der Waals surface area (Å²) in [6.07, 6.45) is 0. The van der Waals surface area contributed by atoms with Crippen LogP contribution in [0, 0.1) is 6.07 Å². The first-order valence-electron chi connectivity index (χ1n) is 6.89. The second-order valence-electron chi connectivity index (χ2n) is 4.91. The van der Waals surface area contributed by atoms with Crippen molar-refractivity contribution in [1.29, 1.82) is 0 Å². The van der Waals surface area contributed by atoms with Crippen LogP contribution in [0.3, 0.4) is 0 Å². The lowest BCUT2D eigenvalue weighted by Gasteiger charge is -2.26. The first-order valence-corrected chi connectivity index (χ1v) is 7.26. The second kappa shape index (κ2) is 6.29. The molecule has 21 heavy (non-hydrogen) atoms. The molecule has 1 heterocycles. The number of morpholine rings is 1. The molecule has 0 aliphatic carbocycles. The summed E-state index contributed by atoms with van der Waals surface area (Å²) < 4.78 is 5.26. The topological polar surface area (TPSA) is 29.5 Å². The number of carbonyl (C=O) groups is 1. The number of benzene rings is 2. The van der Waals surface area contributed by atoms with E-state index in [0.717, 1.165) is 11.1 Å².